The van der Waals surface area contributed by atoms with Crippen LogP contribution in [0.3, 0.4) is 0 Å². The SMILES string of the molecule is CCCC(C)N(C)c1nc(C)c(C(C)NCC)s1. The van der Waals surface area contributed by atoms with Crippen molar-refractivity contribution in [1.82, 2.24) is 10.3 Å². The van der Waals surface area contributed by atoms with Crippen LogP contribution in [0.2, 0.25) is 0 Å². The molecular formula is C14H27N3S. The first kappa shape index (κ1) is 15.4. The predicted molar refractivity (Wildman–Crippen MR) is 81.7 cm³/mol. The zero-order valence-electron chi connectivity index (χ0n) is 12.6. The van der Waals surface area contributed by atoms with Crippen LogP contribution in [-0.4, -0.2) is 24.6 Å². The molecule has 0 aromatic carbocycles. The Morgan fingerprint density at radius 2 is 2.00 bits per heavy atom. The van der Waals surface area contributed by atoms with E-state index in [0.29, 0.717) is 12.1 Å². The molecule has 0 bridgehead atoms. The molecule has 3 nitrogen and oxygen atoms in total. The van der Waals surface area contributed by atoms with Gasteiger partial charge < -0.3 is 10.2 Å². The molecule has 0 amide bonds. The lowest BCUT2D eigenvalue weighted by atomic mass is 10.2. The van der Waals surface area contributed by atoms with E-state index in [4.69, 9.17) is 4.98 Å². The first-order valence-corrected chi connectivity index (χ1v) is 7.76. The van der Waals surface area contributed by atoms with E-state index in [1.807, 2.05) is 11.3 Å². The standard InChI is InChI=1S/C14H27N3S/c1-7-9-10(3)17(6)14-16-12(5)13(18-14)11(4)15-8-2/h10-11,15H,7-9H2,1-6H3. The molecule has 0 aliphatic rings. The molecular weight excluding hydrogens is 242 g/mol. The van der Waals surface area contributed by atoms with Gasteiger partial charge in [0.2, 0.25) is 0 Å². The number of thiazole rings is 1. The van der Waals surface area contributed by atoms with E-state index in [0.717, 1.165) is 11.7 Å². The van der Waals surface area contributed by atoms with Crippen LogP contribution < -0.4 is 10.2 Å². The van der Waals surface area contributed by atoms with E-state index in [1.165, 1.54) is 23.4 Å². The molecule has 0 saturated heterocycles. The van der Waals surface area contributed by atoms with Gasteiger partial charge in [-0.25, -0.2) is 4.98 Å². The quantitative estimate of drug-likeness (QED) is 0.817. The monoisotopic (exact) mass is 269 g/mol. The Labute approximate surface area is 116 Å². The molecule has 2 unspecified atom stereocenters. The van der Waals surface area contributed by atoms with E-state index in [2.05, 4.69) is 51.9 Å². The highest BCUT2D eigenvalue weighted by Crippen LogP contribution is 2.31. The summed E-state index contributed by atoms with van der Waals surface area (Å²) in [5.74, 6) is 0. The summed E-state index contributed by atoms with van der Waals surface area (Å²) in [5.41, 5.74) is 1.17. The topological polar surface area (TPSA) is 28.2 Å². The van der Waals surface area contributed by atoms with Crippen LogP contribution in [0.5, 0.6) is 0 Å². The van der Waals surface area contributed by atoms with Crippen LogP contribution in [0.15, 0.2) is 0 Å². The Morgan fingerprint density at radius 3 is 2.56 bits per heavy atom. The summed E-state index contributed by atoms with van der Waals surface area (Å²) in [6.45, 7) is 12.0. The van der Waals surface area contributed by atoms with Gasteiger partial charge in [-0.1, -0.05) is 20.3 Å². The minimum atomic E-state index is 0.399. The molecule has 1 heterocycles. The van der Waals surface area contributed by atoms with Gasteiger partial charge in [0.1, 0.15) is 0 Å². The number of hydrogen-bond acceptors (Lipinski definition) is 4. The van der Waals surface area contributed by atoms with Crippen LogP contribution in [0.4, 0.5) is 5.13 Å². The fraction of sp³-hybridized carbons (Fsp3) is 0.786. The van der Waals surface area contributed by atoms with Gasteiger partial charge in [0.25, 0.3) is 0 Å². The number of aromatic nitrogens is 1. The van der Waals surface area contributed by atoms with Gasteiger partial charge >= 0.3 is 0 Å². The highest BCUT2D eigenvalue weighted by Gasteiger charge is 2.18. The Balaban J connectivity index is 2.82. The molecule has 0 saturated carbocycles. The van der Waals surface area contributed by atoms with Gasteiger partial charge in [0.15, 0.2) is 5.13 Å². The molecule has 4 heteroatoms. The predicted octanol–water partition coefficient (Wildman–Crippen LogP) is 3.75. The molecule has 0 spiro atoms. The highest BCUT2D eigenvalue weighted by molar-refractivity contribution is 7.15. The van der Waals surface area contributed by atoms with E-state index < -0.39 is 0 Å². The summed E-state index contributed by atoms with van der Waals surface area (Å²) >= 11 is 1.82. The Kier molecular flexibility index (Phi) is 6.09. The van der Waals surface area contributed by atoms with Crippen molar-refractivity contribution in [3.8, 4) is 0 Å². The zero-order chi connectivity index (χ0) is 13.7. The molecule has 2 atom stereocenters. The van der Waals surface area contributed by atoms with Crippen molar-refractivity contribution in [1.29, 1.82) is 0 Å². The maximum atomic E-state index is 4.72. The van der Waals surface area contributed by atoms with Crippen molar-refractivity contribution in [2.45, 2.75) is 59.5 Å². The smallest absolute Gasteiger partial charge is 0.185 e. The van der Waals surface area contributed by atoms with Crippen LogP contribution in [0, 0.1) is 6.92 Å². The van der Waals surface area contributed by atoms with Crippen LogP contribution in [0.1, 0.15) is 57.1 Å². The third kappa shape index (κ3) is 3.69. The molecule has 1 rings (SSSR count). The highest BCUT2D eigenvalue weighted by atomic mass is 32.1. The van der Waals surface area contributed by atoms with Crippen molar-refractivity contribution in [3.05, 3.63) is 10.6 Å². The number of nitrogens with zero attached hydrogens (tertiary/aromatic N) is 2. The first-order valence-electron chi connectivity index (χ1n) is 6.94. The number of nitrogens with one attached hydrogen (secondary N) is 1. The third-order valence-corrected chi connectivity index (χ3v) is 4.82. The van der Waals surface area contributed by atoms with Crippen molar-refractivity contribution in [2.75, 3.05) is 18.5 Å². The molecule has 1 N–H and O–H groups in total. The van der Waals surface area contributed by atoms with Crippen molar-refractivity contribution >= 4 is 16.5 Å². The Hall–Kier alpha value is -0.610. The average molecular weight is 269 g/mol. The zero-order valence-corrected chi connectivity index (χ0v) is 13.4. The average Bonchev–Trinajstić information content (AvgIpc) is 2.71. The van der Waals surface area contributed by atoms with E-state index in [-0.39, 0.29) is 0 Å². The summed E-state index contributed by atoms with van der Waals surface area (Å²) in [7, 11) is 2.15. The van der Waals surface area contributed by atoms with Crippen LogP contribution >= 0.6 is 11.3 Å². The van der Waals surface area contributed by atoms with Gasteiger partial charge in [-0.05, 0) is 33.7 Å². The van der Waals surface area contributed by atoms with E-state index >= 15 is 0 Å². The largest absolute Gasteiger partial charge is 0.348 e. The second-order valence-electron chi connectivity index (χ2n) is 4.97. The fourth-order valence-corrected chi connectivity index (χ4v) is 3.30. The van der Waals surface area contributed by atoms with E-state index in [1.54, 1.807) is 0 Å². The van der Waals surface area contributed by atoms with Gasteiger partial charge in [-0.2, -0.15) is 0 Å². The normalized spacial score (nSPS) is 14.6. The molecule has 0 aliphatic carbocycles. The molecule has 0 fully saturated rings. The summed E-state index contributed by atoms with van der Waals surface area (Å²) in [6, 6.07) is 0.957. The lowest BCUT2D eigenvalue weighted by Gasteiger charge is -2.23. The Morgan fingerprint density at radius 1 is 1.33 bits per heavy atom. The van der Waals surface area contributed by atoms with Crippen LogP contribution in [-0.2, 0) is 0 Å². The van der Waals surface area contributed by atoms with Crippen molar-refractivity contribution < 1.29 is 0 Å². The van der Waals surface area contributed by atoms with Gasteiger partial charge in [0, 0.05) is 24.0 Å². The maximum absolute atomic E-state index is 4.72. The third-order valence-electron chi connectivity index (χ3n) is 3.39. The van der Waals surface area contributed by atoms with Gasteiger partial charge in [0.05, 0.1) is 5.69 Å². The number of anilines is 1. The molecule has 0 aliphatic heterocycles. The molecule has 0 radical (unpaired) electrons. The maximum Gasteiger partial charge on any atom is 0.185 e. The summed E-state index contributed by atoms with van der Waals surface area (Å²) in [5, 5.41) is 4.61. The summed E-state index contributed by atoms with van der Waals surface area (Å²) in [6.07, 6.45) is 2.43. The van der Waals surface area contributed by atoms with Crippen molar-refractivity contribution in [3.63, 3.8) is 0 Å². The minimum absolute atomic E-state index is 0.399. The molecule has 1 aromatic rings. The van der Waals surface area contributed by atoms with Gasteiger partial charge in [-0.15, -0.1) is 11.3 Å². The number of rotatable bonds is 7. The van der Waals surface area contributed by atoms with Crippen LogP contribution in [0.25, 0.3) is 0 Å². The number of aryl methyl sites for hydroxylation is 1. The minimum Gasteiger partial charge on any atom is -0.348 e. The summed E-state index contributed by atoms with van der Waals surface area (Å²) < 4.78 is 0. The fourth-order valence-electron chi connectivity index (χ4n) is 2.15. The molecule has 104 valence electrons. The van der Waals surface area contributed by atoms with Crippen molar-refractivity contribution in [2.24, 2.45) is 0 Å². The Bertz CT molecular complexity index is 362. The van der Waals surface area contributed by atoms with Gasteiger partial charge in [-0.3, -0.25) is 0 Å². The molecule has 18 heavy (non-hydrogen) atoms. The lowest BCUT2D eigenvalue weighted by Crippen LogP contribution is -2.28. The lowest BCUT2D eigenvalue weighted by molar-refractivity contribution is 0.603. The van der Waals surface area contributed by atoms with E-state index in [9.17, 15) is 0 Å². The molecule has 1 aromatic heterocycles. The number of hydrogen-bond donors (Lipinski definition) is 1. The summed E-state index contributed by atoms with van der Waals surface area (Å²) in [4.78, 5) is 8.39. The second kappa shape index (κ2) is 7.10. The second-order valence-corrected chi connectivity index (χ2v) is 5.98. The first-order chi connectivity index (χ1) is 8.51.